The first-order chi connectivity index (χ1) is 9.19. The molecule has 0 bridgehead atoms. The third kappa shape index (κ3) is 3.51. The highest BCUT2D eigenvalue weighted by atomic mass is 16.5. The Labute approximate surface area is 111 Å². The number of pyridine rings is 1. The first-order valence-electron chi connectivity index (χ1n) is 5.85. The summed E-state index contributed by atoms with van der Waals surface area (Å²) in [5, 5.41) is 0. The highest BCUT2D eigenvalue weighted by Gasteiger charge is 2.09. The highest BCUT2D eigenvalue weighted by molar-refractivity contribution is 5.35. The molecule has 7 nitrogen and oxygen atoms in total. The largest absolute Gasteiger partial charge is 0.467 e. The van der Waals surface area contributed by atoms with Gasteiger partial charge < -0.3 is 15.4 Å². The van der Waals surface area contributed by atoms with E-state index in [1.165, 1.54) is 7.11 Å². The van der Waals surface area contributed by atoms with Crippen LogP contribution in [0.1, 0.15) is 5.69 Å². The number of hydrogen-bond acceptors (Lipinski definition) is 7. The van der Waals surface area contributed by atoms with Gasteiger partial charge in [-0.05, 0) is 12.1 Å². The summed E-state index contributed by atoms with van der Waals surface area (Å²) >= 11 is 0. The first kappa shape index (κ1) is 13.0. The zero-order valence-corrected chi connectivity index (χ0v) is 10.9. The van der Waals surface area contributed by atoms with Crippen molar-refractivity contribution in [1.29, 1.82) is 0 Å². The number of hydrogen-bond donors (Lipinski definition) is 1. The van der Waals surface area contributed by atoms with Crippen LogP contribution in [0.15, 0.2) is 24.4 Å². The topological polar surface area (TPSA) is 90.0 Å². The quantitative estimate of drug-likeness (QED) is 0.838. The van der Waals surface area contributed by atoms with Gasteiger partial charge in [0.05, 0.1) is 7.11 Å². The first-order valence-corrected chi connectivity index (χ1v) is 5.85. The lowest BCUT2D eigenvalue weighted by atomic mass is 10.2. The van der Waals surface area contributed by atoms with Crippen LogP contribution < -0.4 is 15.4 Å². The summed E-state index contributed by atoms with van der Waals surface area (Å²) in [5.41, 5.74) is 6.62. The monoisotopic (exact) mass is 260 g/mol. The van der Waals surface area contributed by atoms with Gasteiger partial charge in [-0.2, -0.15) is 15.0 Å². The number of nitrogen functional groups attached to an aromatic ring is 1. The van der Waals surface area contributed by atoms with Crippen LogP contribution in [0.3, 0.4) is 0 Å². The molecule has 2 heterocycles. The molecule has 0 radical (unpaired) electrons. The van der Waals surface area contributed by atoms with Gasteiger partial charge in [0.25, 0.3) is 0 Å². The van der Waals surface area contributed by atoms with Gasteiger partial charge in [-0.25, -0.2) is 0 Å². The summed E-state index contributed by atoms with van der Waals surface area (Å²) in [7, 11) is 3.38. The lowest BCUT2D eigenvalue weighted by molar-refractivity contribution is 0.379. The van der Waals surface area contributed by atoms with E-state index in [0.29, 0.717) is 5.95 Å². The number of anilines is 2. The molecule has 0 aliphatic heterocycles. The molecule has 2 aromatic heterocycles. The van der Waals surface area contributed by atoms with Crippen molar-refractivity contribution in [3.8, 4) is 6.01 Å². The predicted molar refractivity (Wildman–Crippen MR) is 72.0 cm³/mol. The zero-order valence-electron chi connectivity index (χ0n) is 10.9. The average Bonchev–Trinajstić information content (AvgIpc) is 2.45. The van der Waals surface area contributed by atoms with Gasteiger partial charge in [0.15, 0.2) is 0 Å². The molecular formula is C12H16N6O. The average molecular weight is 260 g/mol. The molecule has 0 saturated heterocycles. The molecule has 2 N–H and O–H groups in total. The standard InChI is InChI=1S/C12H16N6O/c1-18(8-6-9-5-3-4-7-14-9)11-15-10(13)16-12(17-11)19-2/h3-5,7H,6,8H2,1-2H3,(H2,13,15,16,17). The van der Waals surface area contributed by atoms with Crippen molar-refractivity contribution in [2.45, 2.75) is 6.42 Å². The molecule has 0 aromatic carbocycles. The van der Waals surface area contributed by atoms with Crippen LogP contribution in [0, 0.1) is 0 Å². The smallest absolute Gasteiger partial charge is 0.322 e. The minimum absolute atomic E-state index is 0.145. The van der Waals surface area contributed by atoms with E-state index in [0.717, 1.165) is 18.7 Å². The van der Waals surface area contributed by atoms with Gasteiger partial charge in [0.1, 0.15) is 0 Å². The SMILES string of the molecule is COc1nc(N)nc(N(C)CCc2ccccn2)n1. The Kier molecular flexibility index (Phi) is 4.07. The molecule has 2 aromatic rings. The van der Waals surface area contributed by atoms with E-state index in [1.54, 1.807) is 6.20 Å². The molecule has 0 aliphatic carbocycles. The van der Waals surface area contributed by atoms with Crippen LogP contribution in [-0.2, 0) is 6.42 Å². The van der Waals surface area contributed by atoms with Crippen molar-refractivity contribution < 1.29 is 4.74 Å². The fraction of sp³-hybridized carbons (Fsp3) is 0.333. The van der Waals surface area contributed by atoms with Gasteiger partial charge in [-0.1, -0.05) is 6.07 Å². The zero-order chi connectivity index (χ0) is 13.7. The molecule has 0 saturated carbocycles. The Hall–Kier alpha value is -2.44. The number of aromatic nitrogens is 4. The molecule has 0 spiro atoms. The van der Waals surface area contributed by atoms with E-state index in [9.17, 15) is 0 Å². The van der Waals surface area contributed by atoms with Crippen molar-refractivity contribution in [3.63, 3.8) is 0 Å². The van der Waals surface area contributed by atoms with Crippen LogP contribution in [0.4, 0.5) is 11.9 Å². The summed E-state index contributed by atoms with van der Waals surface area (Å²) in [4.78, 5) is 18.2. The summed E-state index contributed by atoms with van der Waals surface area (Å²) in [6, 6.07) is 6.06. The minimum atomic E-state index is 0.145. The normalized spacial score (nSPS) is 10.2. The third-order valence-electron chi connectivity index (χ3n) is 2.57. The van der Waals surface area contributed by atoms with Crippen molar-refractivity contribution in [2.24, 2.45) is 0 Å². The third-order valence-corrected chi connectivity index (χ3v) is 2.57. The summed E-state index contributed by atoms with van der Waals surface area (Å²) in [6.45, 7) is 0.726. The van der Waals surface area contributed by atoms with Gasteiger partial charge in [0, 0.05) is 31.9 Å². The fourth-order valence-corrected chi connectivity index (χ4v) is 1.55. The highest BCUT2D eigenvalue weighted by Crippen LogP contribution is 2.12. The van der Waals surface area contributed by atoms with Gasteiger partial charge >= 0.3 is 6.01 Å². The number of ether oxygens (including phenoxy) is 1. The Balaban J connectivity index is 2.03. The van der Waals surface area contributed by atoms with E-state index in [1.807, 2.05) is 30.1 Å². The van der Waals surface area contributed by atoms with E-state index in [-0.39, 0.29) is 12.0 Å². The van der Waals surface area contributed by atoms with Crippen molar-refractivity contribution in [1.82, 2.24) is 19.9 Å². The molecule has 19 heavy (non-hydrogen) atoms. The number of rotatable bonds is 5. The Morgan fingerprint density at radius 1 is 1.26 bits per heavy atom. The summed E-state index contributed by atoms with van der Waals surface area (Å²) < 4.78 is 4.97. The van der Waals surface area contributed by atoms with E-state index in [2.05, 4.69) is 19.9 Å². The summed E-state index contributed by atoms with van der Waals surface area (Å²) in [5.74, 6) is 0.631. The molecule has 0 fully saturated rings. The van der Waals surface area contributed by atoms with Crippen molar-refractivity contribution in [3.05, 3.63) is 30.1 Å². The van der Waals surface area contributed by atoms with Crippen LogP contribution >= 0.6 is 0 Å². The number of nitrogens with zero attached hydrogens (tertiary/aromatic N) is 5. The Morgan fingerprint density at radius 3 is 2.79 bits per heavy atom. The molecule has 2 rings (SSSR count). The molecule has 0 amide bonds. The van der Waals surface area contributed by atoms with Gasteiger partial charge in [-0.3, -0.25) is 4.98 Å². The van der Waals surface area contributed by atoms with Crippen LogP contribution in [-0.4, -0.2) is 40.6 Å². The molecule has 0 atom stereocenters. The fourth-order valence-electron chi connectivity index (χ4n) is 1.55. The lowest BCUT2D eigenvalue weighted by Crippen LogP contribution is -2.23. The van der Waals surface area contributed by atoms with Crippen molar-refractivity contribution in [2.75, 3.05) is 31.3 Å². The van der Waals surface area contributed by atoms with E-state index in [4.69, 9.17) is 10.5 Å². The molecule has 0 aliphatic rings. The van der Waals surface area contributed by atoms with E-state index < -0.39 is 0 Å². The summed E-state index contributed by atoms with van der Waals surface area (Å²) in [6.07, 6.45) is 2.57. The van der Waals surface area contributed by atoms with Crippen LogP contribution in [0.5, 0.6) is 6.01 Å². The van der Waals surface area contributed by atoms with Gasteiger partial charge in [0.2, 0.25) is 11.9 Å². The second-order valence-electron chi connectivity index (χ2n) is 3.97. The molecule has 7 heteroatoms. The second-order valence-corrected chi connectivity index (χ2v) is 3.97. The second kappa shape index (κ2) is 5.94. The maximum absolute atomic E-state index is 5.60. The molecule has 100 valence electrons. The molecule has 0 unspecified atom stereocenters. The van der Waals surface area contributed by atoms with Crippen molar-refractivity contribution >= 4 is 11.9 Å². The number of nitrogens with two attached hydrogens (primary N) is 1. The Morgan fingerprint density at radius 2 is 2.11 bits per heavy atom. The van der Waals surface area contributed by atoms with Gasteiger partial charge in [-0.15, -0.1) is 0 Å². The number of methoxy groups -OCH3 is 1. The number of likely N-dealkylation sites (N-methyl/N-ethyl adjacent to an activating group) is 1. The maximum Gasteiger partial charge on any atom is 0.322 e. The van der Waals surface area contributed by atoms with Crippen LogP contribution in [0.2, 0.25) is 0 Å². The van der Waals surface area contributed by atoms with E-state index >= 15 is 0 Å². The predicted octanol–water partition coefficient (Wildman–Crippen LogP) is 0.536. The molecular weight excluding hydrogens is 244 g/mol. The minimum Gasteiger partial charge on any atom is -0.467 e. The Bertz CT molecular complexity index is 533. The maximum atomic E-state index is 5.60. The lowest BCUT2D eigenvalue weighted by Gasteiger charge is -2.16. The van der Waals surface area contributed by atoms with Crippen LogP contribution in [0.25, 0.3) is 0 Å².